The van der Waals surface area contributed by atoms with Gasteiger partial charge in [0.2, 0.25) is 5.91 Å². The summed E-state index contributed by atoms with van der Waals surface area (Å²) in [5, 5.41) is 3.12. The van der Waals surface area contributed by atoms with E-state index in [9.17, 15) is 4.79 Å². The maximum Gasteiger partial charge on any atom is 0.249 e. The third-order valence-corrected chi connectivity index (χ3v) is 4.55. The molecule has 0 aromatic heterocycles. The van der Waals surface area contributed by atoms with E-state index in [1.807, 2.05) is 60.5 Å². The Kier molecular flexibility index (Phi) is 3.76. The zero-order valence-electron chi connectivity index (χ0n) is 11.2. The Hall–Kier alpha value is -1.78. The molecule has 2 aromatic carbocycles. The summed E-state index contributed by atoms with van der Waals surface area (Å²) in [6.07, 6.45) is 0. The van der Waals surface area contributed by atoms with E-state index in [-0.39, 0.29) is 11.9 Å². The van der Waals surface area contributed by atoms with Crippen LogP contribution in [0, 0.1) is 0 Å². The predicted octanol–water partition coefficient (Wildman–Crippen LogP) is 3.05. The number of carbonyl (C=O) groups excluding carboxylic acids is 1. The second-order valence-corrected chi connectivity index (χ2v) is 5.69. The summed E-state index contributed by atoms with van der Waals surface area (Å²) in [5.41, 5.74) is 1.87. The van der Waals surface area contributed by atoms with Crippen molar-refractivity contribution < 1.29 is 4.79 Å². The second kappa shape index (κ2) is 5.69. The van der Waals surface area contributed by atoms with Crippen LogP contribution in [0.5, 0.6) is 0 Å². The van der Waals surface area contributed by atoms with Gasteiger partial charge >= 0.3 is 0 Å². The van der Waals surface area contributed by atoms with Crippen molar-refractivity contribution in [3.63, 3.8) is 0 Å². The number of thioether (sulfide) groups is 1. The molecule has 20 heavy (non-hydrogen) atoms. The first-order valence-electron chi connectivity index (χ1n) is 6.59. The molecule has 1 aliphatic rings. The molecule has 2 aromatic rings. The van der Waals surface area contributed by atoms with Gasteiger partial charge in [-0.2, -0.15) is 0 Å². The van der Waals surface area contributed by atoms with E-state index in [0.717, 1.165) is 22.0 Å². The SMILES string of the molecule is CNC1CSc2ccccc2N(c2ccccc2)C1=O. The minimum Gasteiger partial charge on any atom is -0.308 e. The Morgan fingerprint density at radius 2 is 1.80 bits per heavy atom. The van der Waals surface area contributed by atoms with E-state index in [2.05, 4.69) is 11.4 Å². The number of anilines is 2. The van der Waals surface area contributed by atoms with Gasteiger partial charge in [0.15, 0.2) is 0 Å². The quantitative estimate of drug-likeness (QED) is 0.920. The lowest BCUT2D eigenvalue weighted by Gasteiger charge is -2.25. The molecule has 0 bridgehead atoms. The highest BCUT2D eigenvalue weighted by Gasteiger charge is 2.30. The lowest BCUT2D eigenvalue weighted by molar-refractivity contribution is -0.119. The molecule has 0 saturated heterocycles. The Balaban J connectivity index is 2.13. The van der Waals surface area contributed by atoms with Crippen LogP contribution in [0.4, 0.5) is 11.4 Å². The third kappa shape index (κ3) is 2.32. The number of rotatable bonds is 2. The molecule has 1 unspecified atom stereocenters. The summed E-state index contributed by atoms with van der Waals surface area (Å²) in [6, 6.07) is 17.7. The van der Waals surface area contributed by atoms with Crippen LogP contribution >= 0.6 is 11.8 Å². The van der Waals surface area contributed by atoms with Crippen molar-refractivity contribution in [2.75, 3.05) is 17.7 Å². The number of amides is 1. The van der Waals surface area contributed by atoms with E-state index < -0.39 is 0 Å². The molecular weight excluding hydrogens is 268 g/mol. The van der Waals surface area contributed by atoms with E-state index in [1.165, 1.54) is 0 Å². The Bertz CT molecular complexity index is 615. The third-order valence-electron chi connectivity index (χ3n) is 3.39. The summed E-state index contributed by atoms with van der Waals surface area (Å²) < 4.78 is 0. The summed E-state index contributed by atoms with van der Waals surface area (Å²) in [5.74, 6) is 0.839. The number of benzene rings is 2. The summed E-state index contributed by atoms with van der Waals surface area (Å²) in [4.78, 5) is 15.7. The zero-order chi connectivity index (χ0) is 13.9. The molecule has 1 atom stereocenters. The average Bonchev–Trinajstić information content (AvgIpc) is 2.64. The highest BCUT2D eigenvalue weighted by Crippen LogP contribution is 2.38. The first-order valence-corrected chi connectivity index (χ1v) is 7.58. The normalized spacial score (nSPS) is 18.6. The summed E-state index contributed by atoms with van der Waals surface area (Å²) in [7, 11) is 1.84. The molecule has 102 valence electrons. The zero-order valence-corrected chi connectivity index (χ0v) is 12.1. The number of fused-ring (bicyclic) bond motifs is 1. The number of hydrogen-bond acceptors (Lipinski definition) is 3. The molecular formula is C16H16N2OS. The fraction of sp³-hybridized carbons (Fsp3) is 0.188. The molecule has 0 fully saturated rings. The number of hydrogen-bond donors (Lipinski definition) is 1. The van der Waals surface area contributed by atoms with Crippen molar-refractivity contribution in [1.29, 1.82) is 0 Å². The van der Waals surface area contributed by atoms with Crippen molar-refractivity contribution in [3.8, 4) is 0 Å². The lowest BCUT2D eigenvalue weighted by Crippen LogP contribution is -2.43. The van der Waals surface area contributed by atoms with E-state index in [4.69, 9.17) is 0 Å². The molecule has 3 rings (SSSR count). The summed E-state index contributed by atoms with van der Waals surface area (Å²) >= 11 is 1.72. The molecule has 3 nitrogen and oxygen atoms in total. The van der Waals surface area contributed by atoms with Crippen molar-refractivity contribution >= 4 is 29.0 Å². The van der Waals surface area contributed by atoms with Gasteiger partial charge in [-0.05, 0) is 31.3 Å². The molecule has 1 N–H and O–H groups in total. The molecule has 1 aliphatic heterocycles. The van der Waals surface area contributed by atoms with Crippen LogP contribution in [0.25, 0.3) is 0 Å². The second-order valence-electron chi connectivity index (χ2n) is 4.63. The fourth-order valence-corrected chi connectivity index (χ4v) is 3.47. The van der Waals surface area contributed by atoms with E-state index >= 15 is 0 Å². The van der Waals surface area contributed by atoms with Crippen LogP contribution in [-0.2, 0) is 4.79 Å². The van der Waals surface area contributed by atoms with Gasteiger partial charge in [-0.1, -0.05) is 30.3 Å². The number of para-hydroxylation sites is 2. The van der Waals surface area contributed by atoms with Crippen LogP contribution in [0.2, 0.25) is 0 Å². The first kappa shape index (κ1) is 13.2. The molecule has 1 heterocycles. The smallest absolute Gasteiger partial charge is 0.249 e. The maximum absolute atomic E-state index is 12.8. The highest BCUT2D eigenvalue weighted by atomic mass is 32.2. The van der Waals surface area contributed by atoms with Gasteiger partial charge in [-0.3, -0.25) is 9.69 Å². The average molecular weight is 284 g/mol. The standard InChI is InChI=1S/C16H16N2OS/c1-17-13-11-20-15-10-6-5-9-14(15)18(16(13)19)12-7-3-2-4-8-12/h2-10,13,17H,11H2,1H3. The number of nitrogens with zero attached hydrogens (tertiary/aromatic N) is 1. The van der Waals surface area contributed by atoms with Gasteiger partial charge in [-0.15, -0.1) is 11.8 Å². The van der Waals surface area contributed by atoms with Crippen LogP contribution < -0.4 is 10.2 Å². The van der Waals surface area contributed by atoms with Crippen LogP contribution in [0.15, 0.2) is 59.5 Å². The first-order chi connectivity index (χ1) is 9.81. The lowest BCUT2D eigenvalue weighted by atomic mass is 10.2. The van der Waals surface area contributed by atoms with Gasteiger partial charge in [-0.25, -0.2) is 0 Å². The largest absolute Gasteiger partial charge is 0.308 e. The monoisotopic (exact) mass is 284 g/mol. The van der Waals surface area contributed by atoms with Crippen molar-refractivity contribution in [3.05, 3.63) is 54.6 Å². The van der Waals surface area contributed by atoms with E-state index in [1.54, 1.807) is 11.8 Å². The minimum atomic E-state index is -0.174. The van der Waals surface area contributed by atoms with Crippen molar-refractivity contribution in [1.82, 2.24) is 5.32 Å². The Morgan fingerprint density at radius 1 is 1.10 bits per heavy atom. The van der Waals surface area contributed by atoms with Gasteiger partial charge in [0.05, 0.1) is 11.7 Å². The van der Waals surface area contributed by atoms with Crippen molar-refractivity contribution in [2.45, 2.75) is 10.9 Å². The van der Waals surface area contributed by atoms with Crippen LogP contribution in [0.3, 0.4) is 0 Å². The van der Waals surface area contributed by atoms with Gasteiger partial charge in [0, 0.05) is 16.3 Å². The predicted molar refractivity (Wildman–Crippen MR) is 83.6 cm³/mol. The Morgan fingerprint density at radius 3 is 2.55 bits per heavy atom. The van der Waals surface area contributed by atoms with Gasteiger partial charge < -0.3 is 5.32 Å². The van der Waals surface area contributed by atoms with Crippen LogP contribution in [0.1, 0.15) is 0 Å². The van der Waals surface area contributed by atoms with Gasteiger partial charge in [0.1, 0.15) is 0 Å². The molecule has 0 radical (unpaired) electrons. The van der Waals surface area contributed by atoms with Gasteiger partial charge in [0.25, 0.3) is 0 Å². The maximum atomic E-state index is 12.8. The van der Waals surface area contributed by atoms with E-state index in [0.29, 0.717) is 0 Å². The van der Waals surface area contributed by atoms with Crippen molar-refractivity contribution in [2.24, 2.45) is 0 Å². The molecule has 0 spiro atoms. The molecule has 0 aliphatic carbocycles. The number of carbonyl (C=O) groups is 1. The van der Waals surface area contributed by atoms with Crippen LogP contribution in [-0.4, -0.2) is 24.7 Å². The molecule has 0 saturated carbocycles. The fourth-order valence-electron chi connectivity index (χ4n) is 2.33. The Labute approximate surface area is 123 Å². The molecule has 4 heteroatoms. The minimum absolute atomic E-state index is 0.0937. The number of nitrogens with one attached hydrogen (secondary N) is 1. The summed E-state index contributed by atoms with van der Waals surface area (Å²) in [6.45, 7) is 0. The number of likely N-dealkylation sites (N-methyl/N-ethyl adjacent to an activating group) is 1. The molecule has 1 amide bonds. The highest BCUT2D eigenvalue weighted by molar-refractivity contribution is 7.99. The topological polar surface area (TPSA) is 32.3 Å².